The van der Waals surface area contributed by atoms with Crippen molar-refractivity contribution in [3.05, 3.63) is 29.3 Å². The number of benzene rings is 1. The van der Waals surface area contributed by atoms with Crippen LogP contribution in [0.4, 0.5) is 14.5 Å². The number of hydrogen-bond acceptors (Lipinski definition) is 2. The Morgan fingerprint density at radius 1 is 1.42 bits per heavy atom. The van der Waals surface area contributed by atoms with E-state index in [1.165, 1.54) is 18.2 Å². The zero-order chi connectivity index (χ0) is 9.14. The highest BCUT2D eigenvalue weighted by molar-refractivity contribution is 5.50. The minimum Gasteiger partial charge on any atom is -0.398 e. The summed E-state index contributed by atoms with van der Waals surface area (Å²) in [5.41, 5.74) is 5.50. The first kappa shape index (κ1) is 8.93. The van der Waals surface area contributed by atoms with Crippen LogP contribution in [0.2, 0.25) is 0 Å². The van der Waals surface area contributed by atoms with Crippen LogP contribution in [-0.2, 0) is 6.61 Å². The molecule has 0 saturated heterocycles. The molecule has 1 aromatic rings. The number of nitrogens with two attached hydrogens (primary N) is 1. The quantitative estimate of drug-likeness (QED) is 0.668. The van der Waals surface area contributed by atoms with Crippen molar-refractivity contribution in [1.82, 2.24) is 0 Å². The van der Waals surface area contributed by atoms with Crippen molar-refractivity contribution < 1.29 is 13.9 Å². The van der Waals surface area contributed by atoms with Gasteiger partial charge in [0.15, 0.2) is 0 Å². The van der Waals surface area contributed by atoms with E-state index < -0.39 is 13.0 Å². The molecular formula is C8H9F2NO. The standard InChI is InChI=1S/C8H9F2NO/c9-8(10)5-2-1-3-7(11)6(5)4-12/h1-3,8,12H,4,11H2. The fraction of sp³-hybridized carbons (Fsp3) is 0.250. The number of alkyl halides is 2. The SMILES string of the molecule is Nc1cccc(C(F)F)c1CO. The Morgan fingerprint density at radius 2 is 2.08 bits per heavy atom. The summed E-state index contributed by atoms with van der Waals surface area (Å²) in [4.78, 5) is 0. The molecule has 66 valence electrons. The van der Waals surface area contributed by atoms with E-state index in [9.17, 15) is 8.78 Å². The molecule has 0 aliphatic heterocycles. The zero-order valence-electron chi connectivity index (χ0n) is 6.30. The van der Waals surface area contributed by atoms with E-state index in [2.05, 4.69) is 0 Å². The smallest absolute Gasteiger partial charge is 0.264 e. The van der Waals surface area contributed by atoms with Crippen LogP contribution in [0.15, 0.2) is 18.2 Å². The van der Waals surface area contributed by atoms with E-state index >= 15 is 0 Å². The van der Waals surface area contributed by atoms with Gasteiger partial charge in [-0.15, -0.1) is 0 Å². The summed E-state index contributed by atoms with van der Waals surface area (Å²) in [7, 11) is 0. The molecule has 0 unspecified atom stereocenters. The molecule has 12 heavy (non-hydrogen) atoms. The molecule has 3 N–H and O–H groups in total. The maximum atomic E-state index is 12.2. The van der Waals surface area contributed by atoms with E-state index in [0.717, 1.165) is 0 Å². The molecule has 4 heteroatoms. The molecule has 1 aromatic carbocycles. The molecule has 1 rings (SSSR count). The topological polar surface area (TPSA) is 46.2 Å². The van der Waals surface area contributed by atoms with Crippen molar-refractivity contribution in [2.45, 2.75) is 13.0 Å². The van der Waals surface area contributed by atoms with Gasteiger partial charge in [-0.1, -0.05) is 12.1 Å². The molecule has 0 bridgehead atoms. The Kier molecular flexibility index (Phi) is 2.60. The molecule has 0 aliphatic rings. The second-order valence-corrected chi connectivity index (χ2v) is 2.37. The minimum atomic E-state index is -2.59. The Hall–Kier alpha value is -1.16. The summed E-state index contributed by atoms with van der Waals surface area (Å²) >= 11 is 0. The summed E-state index contributed by atoms with van der Waals surface area (Å²) in [6, 6.07) is 4.18. The van der Waals surface area contributed by atoms with E-state index in [-0.39, 0.29) is 16.8 Å². The summed E-state index contributed by atoms with van der Waals surface area (Å²) in [5, 5.41) is 8.73. The molecule has 0 atom stereocenters. The van der Waals surface area contributed by atoms with Gasteiger partial charge >= 0.3 is 0 Å². The van der Waals surface area contributed by atoms with Crippen LogP contribution in [0.25, 0.3) is 0 Å². The number of aliphatic hydroxyl groups excluding tert-OH is 1. The van der Waals surface area contributed by atoms with Gasteiger partial charge in [0.2, 0.25) is 0 Å². The Balaban J connectivity index is 3.18. The molecule has 0 saturated carbocycles. The monoisotopic (exact) mass is 173 g/mol. The van der Waals surface area contributed by atoms with E-state index in [0.29, 0.717) is 0 Å². The molecular weight excluding hydrogens is 164 g/mol. The van der Waals surface area contributed by atoms with Gasteiger partial charge in [-0.25, -0.2) is 8.78 Å². The lowest BCUT2D eigenvalue weighted by molar-refractivity contribution is 0.147. The number of halogens is 2. The van der Waals surface area contributed by atoms with Crippen LogP contribution in [0.3, 0.4) is 0 Å². The molecule has 2 nitrogen and oxygen atoms in total. The lowest BCUT2D eigenvalue weighted by Crippen LogP contribution is -1.99. The van der Waals surface area contributed by atoms with Crippen molar-refractivity contribution in [3.8, 4) is 0 Å². The Labute approximate surface area is 68.6 Å². The van der Waals surface area contributed by atoms with Crippen LogP contribution in [0.1, 0.15) is 17.6 Å². The number of rotatable bonds is 2. The highest BCUT2D eigenvalue weighted by Gasteiger charge is 2.13. The van der Waals surface area contributed by atoms with Gasteiger partial charge in [-0.3, -0.25) is 0 Å². The highest BCUT2D eigenvalue weighted by Crippen LogP contribution is 2.26. The maximum Gasteiger partial charge on any atom is 0.264 e. The first-order valence-corrected chi connectivity index (χ1v) is 3.43. The lowest BCUT2D eigenvalue weighted by atomic mass is 10.1. The number of aliphatic hydroxyl groups is 1. The largest absolute Gasteiger partial charge is 0.398 e. The van der Waals surface area contributed by atoms with E-state index in [1.54, 1.807) is 0 Å². The van der Waals surface area contributed by atoms with Crippen LogP contribution in [0, 0.1) is 0 Å². The van der Waals surface area contributed by atoms with Gasteiger partial charge in [-0.2, -0.15) is 0 Å². The Bertz CT molecular complexity index is 276. The second-order valence-electron chi connectivity index (χ2n) is 2.37. The van der Waals surface area contributed by atoms with Gasteiger partial charge in [0.25, 0.3) is 6.43 Å². The van der Waals surface area contributed by atoms with Crippen LogP contribution in [0.5, 0.6) is 0 Å². The summed E-state index contributed by atoms with van der Waals surface area (Å²) in [6.07, 6.45) is -2.59. The molecule has 0 heterocycles. The van der Waals surface area contributed by atoms with Gasteiger partial charge in [0.05, 0.1) is 6.61 Å². The van der Waals surface area contributed by atoms with Gasteiger partial charge in [0, 0.05) is 16.8 Å². The average molecular weight is 173 g/mol. The highest BCUT2D eigenvalue weighted by atomic mass is 19.3. The lowest BCUT2D eigenvalue weighted by Gasteiger charge is -2.08. The van der Waals surface area contributed by atoms with Crippen LogP contribution < -0.4 is 5.73 Å². The third-order valence-corrected chi connectivity index (χ3v) is 1.64. The normalized spacial score (nSPS) is 10.7. The summed E-state index contributed by atoms with van der Waals surface area (Å²) < 4.78 is 24.5. The van der Waals surface area contributed by atoms with Crippen molar-refractivity contribution in [2.24, 2.45) is 0 Å². The molecule has 0 aromatic heterocycles. The predicted octanol–water partition coefficient (Wildman–Crippen LogP) is 1.70. The van der Waals surface area contributed by atoms with Crippen molar-refractivity contribution in [1.29, 1.82) is 0 Å². The molecule has 0 amide bonds. The molecule has 0 aliphatic carbocycles. The molecule has 0 fully saturated rings. The van der Waals surface area contributed by atoms with Crippen molar-refractivity contribution in [2.75, 3.05) is 5.73 Å². The number of anilines is 1. The van der Waals surface area contributed by atoms with Crippen molar-refractivity contribution in [3.63, 3.8) is 0 Å². The third kappa shape index (κ3) is 1.53. The zero-order valence-corrected chi connectivity index (χ0v) is 6.30. The third-order valence-electron chi connectivity index (χ3n) is 1.64. The first-order valence-electron chi connectivity index (χ1n) is 3.43. The number of nitrogen functional groups attached to an aromatic ring is 1. The van der Waals surface area contributed by atoms with Crippen LogP contribution >= 0.6 is 0 Å². The minimum absolute atomic E-state index is 0.118. The van der Waals surface area contributed by atoms with Crippen molar-refractivity contribution >= 4 is 5.69 Å². The second kappa shape index (κ2) is 3.49. The van der Waals surface area contributed by atoms with Gasteiger partial charge < -0.3 is 10.8 Å². The number of hydrogen-bond donors (Lipinski definition) is 2. The van der Waals surface area contributed by atoms with E-state index in [4.69, 9.17) is 10.8 Å². The Morgan fingerprint density at radius 3 is 2.50 bits per heavy atom. The average Bonchev–Trinajstić information content (AvgIpc) is 2.03. The maximum absolute atomic E-state index is 12.2. The van der Waals surface area contributed by atoms with Crippen LogP contribution in [-0.4, -0.2) is 5.11 Å². The fourth-order valence-electron chi connectivity index (χ4n) is 1.01. The fourth-order valence-corrected chi connectivity index (χ4v) is 1.01. The summed E-state index contributed by atoms with van der Waals surface area (Å²) in [6.45, 7) is -0.452. The van der Waals surface area contributed by atoms with E-state index in [1.807, 2.05) is 0 Å². The molecule has 0 spiro atoms. The first-order chi connectivity index (χ1) is 5.66. The van der Waals surface area contributed by atoms with Gasteiger partial charge in [0.1, 0.15) is 0 Å². The molecule has 0 radical (unpaired) electrons. The van der Waals surface area contributed by atoms with Gasteiger partial charge in [-0.05, 0) is 6.07 Å². The summed E-state index contributed by atoms with van der Waals surface area (Å²) in [5.74, 6) is 0. The predicted molar refractivity (Wildman–Crippen MR) is 41.7 cm³/mol.